The van der Waals surface area contributed by atoms with Crippen LogP contribution in [0.15, 0.2) is 22.7 Å². The highest BCUT2D eigenvalue weighted by Crippen LogP contribution is 2.23. The summed E-state index contributed by atoms with van der Waals surface area (Å²) in [5, 5.41) is 4.10. The summed E-state index contributed by atoms with van der Waals surface area (Å²) in [6.07, 6.45) is 1.02. The number of pyridine rings is 1. The Morgan fingerprint density at radius 1 is 0.920 bits per heavy atom. The lowest BCUT2D eigenvalue weighted by Crippen LogP contribution is -2.20. The third kappa shape index (κ3) is 3.81. The zero-order valence-corrected chi connectivity index (χ0v) is 15.2. The van der Waals surface area contributed by atoms with Crippen LogP contribution in [0.1, 0.15) is 30.4 Å². The molecule has 7 nitrogen and oxygen atoms in total. The summed E-state index contributed by atoms with van der Waals surface area (Å²) in [7, 11) is 1.98. The molecule has 3 aromatic heterocycles. The Morgan fingerprint density at radius 3 is 2.28 bits per heavy atom. The zero-order valence-electron chi connectivity index (χ0n) is 15.2. The Morgan fingerprint density at radius 2 is 1.60 bits per heavy atom. The van der Waals surface area contributed by atoms with E-state index in [-0.39, 0.29) is 0 Å². The van der Waals surface area contributed by atoms with Gasteiger partial charge in [-0.05, 0) is 45.4 Å². The minimum absolute atomic E-state index is 0.388. The van der Waals surface area contributed by atoms with Crippen LogP contribution in [-0.4, -0.2) is 38.7 Å². The summed E-state index contributed by atoms with van der Waals surface area (Å²) in [6, 6.07) is 5.73. The Kier molecular flexibility index (Phi) is 4.74. The van der Waals surface area contributed by atoms with Crippen molar-refractivity contribution in [2.45, 2.75) is 34.1 Å². The highest BCUT2D eigenvalue weighted by atomic mass is 16.5. The summed E-state index contributed by atoms with van der Waals surface area (Å²) in [5.74, 6) is 1.58. The first kappa shape index (κ1) is 17.0. The van der Waals surface area contributed by atoms with Crippen molar-refractivity contribution in [3.63, 3.8) is 0 Å². The lowest BCUT2D eigenvalue weighted by Gasteiger charge is -2.16. The second-order valence-electron chi connectivity index (χ2n) is 6.18. The second kappa shape index (κ2) is 6.96. The molecular formula is C18H22N6O. The first-order valence-corrected chi connectivity index (χ1v) is 8.33. The van der Waals surface area contributed by atoms with Gasteiger partial charge in [-0.15, -0.1) is 0 Å². The van der Waals surface area contributed by atoms with Crippen LogP contribution in [-0.2, 0) is 0 Å². The summed E-state index contributed by atoms with van der Waals surface area (Å²) in [4.78, 5) is 19.9. The van der Waals surface area contributed by atoms with Gasteiger partial charge in [0.15, 0.2) is 0 Å². The van der Waals surface area contributed by atoms with Gasteiger partial charge in [0.2, 0.25) is 11.8 Å². The van der Waals surface area contributed by atoms with E-state index in [0.29, 0.717) is 23.4 Å². The maximum atomic E-state index is 5.44. The van der Waals surface area contributed by atoms with Gasteiger partial charge in [0, 0.05) is 36.2 Å². The summed E-state index contributed by atoms with van der Waals surface area (Å²) in [5.41, 5.74) is 4.21. The smallest absolute Gasteiger partial charge is 0.277 e. The average Bonchev–Trinajstić information content (AvgIpc) is 3.03. The molecule has 0 atom stereocenters. The normalized spacial score (nSPS) is 10.9. The van der Waals surface area contributed by atoms with E-state index in [0.717, 1.165) is 35.6 Å². The van der Waals surface area contributed by atoms with Crippen molar-refractivity contribution in [1.82, 2.24) is 25.1 Å². The van der Waals surface area contributed by atoms with E-state index in [4.69, 9.17) is 4.52 Å². The first-order chi connectivity index (χ1) is 12.0. The number of hydrogen-bond acceptors (Lipinski definition) is 7. The lowest BCUT2D eigenvalue weighted by atomic mass is 10.2. The van der Waals surface area contributed by atoms with E-state index in [1.54, 1.807) is 0 Å². The topological polar surface area (TPSA) is 80.8 Å². The third-order valence-electron chi connectivity index (χ3n) is 3.73. The van der Waals surface area contributed by atoms with Crippen molar-refractivity contribution in [2.24, 2.45) is 0 Å². The van der Waals surface area contributed by atoms with Crippen LogP contribution in [0.3, 0.4) is 0 Å². The highest BCUT2D eigenvalue weighted by molar-refractivity contribution is 5.59. The quantitative estimate of drug-likeness (QED) is 0.705. The van der Waals surface area contributed by atoms with Crippen molar-refractivity contribution in [2.75, 3.05) is 18.5 Å². The van der Waals surface area contributed by atoms with E-state index in [9.17, 15) is 0 Å². The Hall–Kier alpha value is -2.83. The molecule has 0 amide bonds. The van der Waals surface area contributed by atoms with Crippen molar-refractivity contribution in [3.05, 3.63) is 35.3 Å². The summed E-state index contributed by atoms with van der Waals surface area (Å²) < 4.78 is 5.44. The molecule has 0 N–H and O–H groups in total. The van der Waals surface area contributed by atoms with E-state index >= 15 is 0 Å². The first-order valence-electron chi connectivity index (χ1n) is 8.33. The monoisotopic (exact) mass is 338 g/mol. The van der Waals surface area contributed by atoms with Gasteiger partial charge in [-0.25, -0.2) is 9.97 Å². The summed E-state index contributed by atoms with van der Waals surface area (Å²) >= 11 is 0. The van der Waals surface area contributed by atoms with Gasteiger partial charge >= 0.3 is 0 Å². The van der Waals surface area contributed by atoms with Crippen molar-refractivity contribution < 1.29 is 4.52 Å². The molecule has 7 heteroatoms. The molecule has 0 spiro atoms. The number of anilines is 1. The fraction of sp³-hybridized carbons (Fsp3) is 0.389. The van der Waals surface area contributed by atoms with Crippen LogP contribution >= 0.6 is 0 Å². The molecule has 0 aliphatic heterocycles. The minimum atomic E-state index is 0.388. The Labute approximate surface area is 147 Å². The molecule has 3 heterocycles. The standard InChI is InChI=1S/C18H22N6O/c1-6-7-24(5)18-20-13(4)10-15(21-18)17-22-16(23-25-17)14-8-11(2)19-12(3)9-14/h8-10H,6-7H2,1-5H3. The maximum absolute atomic E-state index is 5.44. The van der Waals surface area contributed by atoms with E-state index in [1.165, 1.54) is 0 Å². The zero-order chi connectivity index (χ0) is 18.0. The van der Waals surface area contributed by atoms with Crippen LogP contribution in [0.4, 0.5) is 5.95 Å². The van der Waals surface area contributed by atoms with Gasteiger partial charge in [0.05, 0.1) is 0 Å². The molecule has 0 radical (unpaired) electrons. The van der Waals surface area contributed by atoms with Gasteiger partial charge in [-0.1, -0.05) is 12.1 Å². The number of nitrogens with zero attached hydrogens (tertiary/aromatic N) is 6. The fourth-order valence-corrected chi connectivity index (χ4v) is 2.68. The number of aromatic nitrogens is 5. The van der Waals surface area contributed by atoms with Gasteiger partial charge in [0.1, 0.15) is 5.69 Å². The predicted molar refractivity (Wildman–Crippen MR) is 96.3 cm³/mol. The van der Waals surface area contributed by atoms with Gasteiger partial charge in [-0.3, -0.25) is 4.98 Å². The predicted octanol–water partition coefficient (Wildman–Crippen LogP) is 3.36. The molecule has 3 aromatic rings. The molecular weight excluding hydrogens is 316 g/mol. The molecule has 130 valence electrons. The van der Waals surface area contributed by atoms with E-state index < -0.39 is 0 Å². The van der Waals surface area contributed by atoms with Crippen molar-refractivity contribution in [3.8, 4) is 23.0 Å². The molecule has 0 unspecified atom stereocenters. The van der Waals surface area contributed by atoms with E-state index in [1.807, 2.05) is 50.9 Å². The molecule has 0 aromatic carbocycles. The number of hydrogen-bond donors (Lipinski definition) is 0. The second-order valence-corrected chi connectivity index (χ2v) is 6.18. The molecule has 0 aliphatic carbocycles. The van der Waals surface area contributed by atoms with E-state index in [2.05, 4.69) is 32.0 Å². The fourth-order valence-electron chi connectivity index (χ4n) is 2.68. The van der Waals surface area contributed by atoms with Gasteiger partial charge in [-0.2, -0.15) is 4.98 Å². The lowest BCUT2D eigenvalue weighted by molar-refractivity contribution is 0.431. The Balaban J connectivity index is 1.97. The molecule has 0 aliphatic rings. The Bertz CT molecular complexity index is 869. The molecule has 0 saturated carbocycles. The molecule has 0 bridgehead atoms. The third-order valence-corrected chi connectivity index (χ3v) is 3.73. The molecule has 3 rings (SSSR count). The van der Waals surface area contributed by atoms with Crippen LogP contribution in [0, 0.1) is 20.8 Å². The van der Waals surface area contributed by atoms with Crippen LogP contribution < -0.4 is 4.90 Å². The number of aryl methyl sites for hydroxylation is 3. The largest absolute Gasteiger partial charge is 0.344 e. The van der Waals surface area contributed by atoms with Crippen LogP contribution in [0.5, 0.6) is 0 Å². The van der Waals surface area contributed by atoms with Crippen LogP contribution in [0.2, 0.25) is 0 Å². The highest BCUT2D eigenvalue weighted by Gasteiger charge is 2.15. The average molecular weight is 338 g/mol. The molecule has 25 heavy (non-hydrogen) atoms. The SMILES string of the molecule is CCCN(C)c1nc(C)cc(-c2nc(-c3cc(C)nc(C)c3)no2)n1. The summed E-state index contributed by atoms with van der Waals surface area (Å²) in [6.45, 7) is 8.83. The molecule has 0 saturated heterocycles. The van der Waals surface area contributed by atoms with Crippen molar-refractivity contribution >= 4 is 5.95 Å². The maximum Gasteiger partial charge on any atom is 0.277 e. The number of rotatable bonds is 5. The molecule has 0 fully saturated rings. The minimum Gasteiger partial charge on any atom is -0.344 e. The van der Waals surface area contributed by atoms with Gasteiger partial charge in [0.25, 0.3) is 5.89 Å². The van der Waals surface area contributed by atoms with Crippen molar-refractivity contribution in [1.29, 1.82) is 0 Å². The van der Waals surface area contributed by atoms with Gasteiger partial charge < -0.3 is 9.42 Å². The van der Waals surface area contributed by atoms with Crippen LogP contribution in [0.25, 0.3) is 23.0 Å².